The molecule has 1 amide bonds. The van der Waals surface area contributed by atoms with Crippen LogP contribution >= 0.6 is 11.6 Å². The first-order valence-corrected chi connectivity index (χ1v) is 7.66. The molecule has 1 N–H and O–H groups in total. The fourth-order valence-corrected chi connectivity index (χ4v) is 2.46. The number of nitrogens with one attached hydrogen (secondary N) is 1. The van der Waals surface area contributed by atoms with Gasteiger partial charge < -0.3 is 9.73 Å². The van der Waals surface area contributed by atoms with Crippen LogP contribution in [0.3, 0.4) is 0 Å². The van der Waals surface area contributed by atoms with Gasteiger partial charge in [-0.2, -0.15) is 13.2 Å². The Labute approximate surface area is 150 Å². The SMILES string of the molecule is O=C(Nc1cccc(F)c1)c1ccc(-c2cc(C(F)(F)F)ccc2Cl)o1. The van der Waals surface area contributed by atoms with E-state index in [1.54, 1.807) is 0 Å². The van der Waals surface area contributed by atoms with Crippen LogP contribution in [-0.2, 0) is 6.18 Å². The molecule has 26 heavy (non-hydrogen) atoms. The molecule has 0 fully saturated rings. The molecule has 3 aromatic rings. The highest BCUT2D eigenvalue weighted by Crippen LogP contribution is 2.36. The van der Waals surface area contributed by atoms with Crippen molar-refractivity contribution in [2.75, 3.05) is 5.32 Å². The number of carbonyl (C=O) groups excluding carboxylic acids is 1. The largest absolute Gasteiger partial charge is 0.451 e. The summed E-state index contributed by atoms with van der Waals surface area (Å²) in [5.74, 6) is -1.35. The van der Waals surface area contributed by atoms with Gasteiger partial charge in [-0.3, -0.25) is 4.79 Å². The van der Waals surface area contributed by atoms with Gasteiger partial charge in [0.05, 0.1) is 10.6 Å². The van der Waals surface area contributed by atoms with Crippen molar-refractivity contribution in [2.45, 2.75) is 6.18 Å². The molecule has 0 unspecified atom stereocenters. The van der Waals surface area contributed by atoms with Gasteiger partial charge in [-0.1, -0.05) is 17.7 Å². The number of alkyl halides is 3. The molecular formula is C18H10ClF4NO2. The summed E-state index contributed by atoms with van der Waals surface area (Å²) >= 11 is 5.95. The van der Waals surface area contributed by atoms with Gasteiger partial charge in [0.15, 0.2) is 5.76 Å². The minimum Gasteiger partial charge on any atom is -0.451 e. The summed E-state index contributed by atoms with van der Waals surface area (Å²) in [6.45, 7) is 0. The number of anilines is 1. The average Bonchev–Trinajstić information content (AvgIpc) is 3.04. The molecule has 3 rings (SSSR count). The summed E-state index contributed by atoms with van der Waals surface area (Å²) in [6.07, 6.45) is -4.54. The van der Waals surface area contributed by atoms with Crippen LogP contribution in [0.4, 0.5) is 23.2 Å². The molecule has 0 spiro atoms. The van der Waals surface area contributed by atoms with Crippen molar-refractivity contribution in [1.29, 1.82) is 0 Å². The van der Waals surface area contributed by atoms with Crippen molar-refractivity contribution < 1.29 is 26.8 Å². The Morgan fingerprint density at radius 3 is 2.50 bits per heavy atom. The molecule has 0 atom stereocenters. The molecule has 0 saturated heterocycles. The first-order chi connectivity index (χ1) is 12.2. The Morgan fingerprint density at radius 1 is 1.04 bits per heavy atom. The minimum atomic E-state index is -4.54. The normalized spacial score (nSPS) is 11.4. The molecule has 3 nitrogen and oxygen atoms in total. The zero-order chi connectivity index (χ0) is 18.9. The number of carbonyl (C=O) groups is 1. The summed E-state index contributed by atoms with van der Waals surface area (Å²) in [5, 5.41) is 2.47. The van der Waals surface area contributed by atoms with E-state index in [0.717, 1.165) is 24.3 Å². The molecule has 1 heterocycles. The second kappa shape index (κ2) is 6.84. The summed E-state index contributed by atoms with van der Waals surface area (Å²) in [5.41, 5.74) is -0.671. The van der Waals surface area contributed by atoms with Gasteiger partial charge in [0.2, 0.25) is 0 Å². The van der Waals surface area contributed by atoms with E-state index in [-0.39, 0.29) is 27.8 Å². The van der Waals surface area contributed by atoms with Crippen molar-refractivity contribution in [3.05, 3.63) is 76.8 Å². The fraction of sp³-hybridized carbons (Fsp3) is 0.0556. The lowest BCUT2D eigenvalue weighted by molar-refractivity contribution is -0.137. The lowest BCUT2D eigenvalue weighted by Gasteiger charge is -2.09. The van der Waals surface area contributed by atoms with Crippen LogP contribution in [0.15, 0.2) is 59.0 Å². The number of rotatable bonds is 3. The van der Waals surface area contributed by atoms with Crippen LogP contribution in [0.25, 0.3) is 11.3 Å². The predicted molar refractivity (Wildman–Crippen MR) is 88.5 cm³/mol. The number of amides is 1. The Bertz CT molecular complexity index is 966. The van der Waals surface area contributed by atoms with Gasteiger partial charge >= 0.3 is 6.18 Å². The van der Waals surface area contributed by atoms with Gasteiger partial charge in [-0.05, 0) is 48.5 Å². The number of hydrogen-bond donors (Lipinski definition) is 1. The maximum atomic E-state index is 13.1. The van der Waals surface area contributed by atoms with Crippen LogP contribution in [0.5, 0.6) is 0 Å². The van der Waals surface area contributed by atoms with E-state index in [1.165, 1.54) is 30.3 Å². The Morgan fingerprint density at radius 2 is 1.81 bits per heavy atom. The van der Waals surface area contributed by atoms with Gasteiger partial charge in [0.1, 0.15) is 11.6 Å². The monoisotopic (exact) mass is 383 g/mol. The summed E-state index contributed by atoms with van der Waals surface area (Å²) in [6, 6.07) is 10.7. The Balaban J connectivity index is 1.87. The second-order valence-electron chi connectivity index (χ2n) is 5.32. The van der Waals surface area contributed by atoms with Crippen LogP contribution in [0.2, 0.25) is 5.02 Å². The second-order valence-corrected chi connectivity index (χ2v) is 5.73. The molecule has 0 aliphatic carbocycles. The highest BCUT2D eigenvalue weighted by molar-refractivity contribution is 6.33. The molecule has 134 valence electrons. The zero-order valence-corrected chi connectivity index (χ0v) is 13.7. The van der Waals surface area contributed by atoms with Crippen molar-refractivity contribution in [3.63, 3.8) is 0 Å². The average molecular weight is 384 g/mol. The summed E-state index contributed by atoms with van der Waals surface area (Å²) < 4.78 is 57.0. The zero-order valence-electron chi connectivity index (χ0n) is 12.9. The molecule has 1 aromatic heterocycles. The molecule has 2 aromatic carbocycles. The molecular weight excluding hydrogens is 374 g/mol. The number of halogens is 5. The molecule has 0 aliphatic rings. The van der Waals surface area contributed by atoms with Crippen molar-refractivity contribution in [3.8, 4) is 11.3 Å². The fourth-order valence-electron chi connectivity index (χ4n) is 2.25. The first-order valence-electron chi connectivity index (χ1n) is 7.28. The maximum absolute atomic E-state index is 13.1. The van der Waals surface area contributed by atoms with E-state index in [4.69, 9.17) is 16.0 Å². The summed E-state index contributed by atoms with van der Waals surface area (Å²) in [7, 11) is 0. The van der Waals surface area contributed by atoms with Gasteiger partial charge in [-0.25, -0.2) is 4.39 Å². The van der Waals surface area contributed by atoms with E-state index in [2.05, 4.69) is 5.32 Å². The van der Waals surface area contributed by atoms with Crippen molar-refractivity contribution in [1.82, 2.24) is 0 Å². The van der Waals surface area contributed by atoms with Gasteiger partial charge in [0.25, 0.3) is 5.91 Å². The Hall–Kier alpha value is -2.80. The van der Waals surface area contributed by atoms with Crippen molar-refractivity contribution in [2.24, 2.45) is 0 Å². The van der Waals surface area contributed by atoms with Crippen molar-refractivity contribution >= 4 is 23.2 Å². The van der Waals surface area contributed by atoms with E-state index >= 15 is 0 Å². The van der Waals surface area contributed by atoms with Gasteiger partial charge in [0, 0.05) is 11.3 Å². The third kappa shape index (κ3) is 3.88. The lowest BCUT2D eigenvalue weighted by Crippen LogP contribution is -2.10. The van der Waals surface area contributed by atoms with Crippen LogP contribution in [-0.4, -0.2) is 5.91 Å². The third-order valence-corrected chi connectivity index (χ3v) is 3.80. The van der Waals surface area contributed by atoms with E-state index < -0.39 is 23.5 Å². The number of benzene rings is 2. The number of furan rings is 1. The minimum absolute atomic E-state index is 0.00509. The molecule has 8 heteroatoms. The molecule has 0 bridgehead atoms. The van der Waals surface area contributed by atoms with E-state index in [1.807, 2.05) is 0 Å². The predicted octanol–water partition coefficient (Wildman–Crippen LogP) is 6.01. The molecule has 0 radical (unpaired) electrons. The topological polar surface area (TPSA) is 42.2 Å². The molecule has 0 saturated carbocycles. The highest BCUT2D eigenvalue weighted by atomic mass is 35.5. The first kappa shape index (κ1) is 18.0. The third-order valence-electron chi connectivity index (χ3n) is 3.47. The number of hydrogen-bond acceptors (Lipinski definition) is 2. The van der Waals surface area contributed by atoms with E-state index in [0.29, 0.717) is 0 Å². The van der Waals surface area contributed by atoms with E-state index in [9.17, 15) is 22.4 Å². The van der Waals surface area contributed by atoms with Crippen LogP contribution in [0, 0.1) is 5.82 Å². The lowest BCUT2D eigenvalue weighted by atomic mass is 10.1. The quantitative estimate of drug-likeness (QED) is 0.563. The summed E-state index contributed by atoms with van der Waals surface area (Å²) in [4.78, 5) is 12.1. The van der Waals surface area contributed by atoms with Gasteiger partial charge in [-0.15, -0.1) is 0 Å². The highest BCUT2D eigenvalue weighted by Gasteiger charge is 2.31. The molecule has 0 aliphatic heterocycles. The Kier molecular flexibility index (Phi) is 4.73. The van der Waals surface area contributed by atoms with Crippen LogP contribution in [0.1, 0.15) is 16.1 Å². The smallest absolute Gasteiger partial charge is 0.416 e. The van der Waals surface area contributed by atoms with Crippen LogP contribution < -0.4 is 5.32 Å². The maximum Gasteiger partial charge on any atom is 0.416 e. The standard InChI is InChI=1S/C18H10ClF4NO2/c19-14-5-4-10(18(21,22)23)8-13(14)15-6-7-16(26-15)17(25)24-12-3-1-2-11(20)9-12/h1-9H,(H,24,25).